The monoisotopic (exact) mass is 160 g/mol. The smallest absolute Gasteiger partial charge is 0.188 e. The van der Waals surface area contributed by atoms with E-state index < -0.39 is 0 Å². The first-order valence-corrected chi connectivity index (χ1v) is 3.64. The topological polar surface area (TPSA) is 27.7 Å². The Morgan fingerprint density at radius 3 is 2.64 bits per heavy atom. The van der Waals surface area contributed by atoms with E-state index in [1.54, 1.807) is 7.11 Å². The Labute approximate surface area is 67.9 Å². The molecule has 0 rings (SSSR count). The minimum atomic E-state index is -0.0737. The Hall–Kier alpha value is -0.540. The first-order valence-electron chi connectivity index (χ1n) is 3.64. The fourth-order valence-electron chi connectivity index (χ4n) is 0.449. The van der Waals surface area contributed by atoms with Gasteiger partial charge in [0.25, 0.3) is 0 Å². The number of ether oxygens (including phenoxy) is 3. The highest BCUT2D eigenvalue weighted by Gasteiger charge is 2.04. The van der Waals surface area contributed by atoms with E-state index in [1.165, 1.54) is 0 Å². The first kappa shape index (κ1) is 10.5. The SMILES string of the molecule is C=C(OCOCC)C(C)OC. The normalized spacial score (nSPS) is 12.6. The third-order valence-electron chi connectivity index (χ3n) is 1.34. The summed E-state index contributed by atoms with van der Waals surface area (Å²) >= 11 is 0. The third-order valence-corrected chi connectivity index (χ3v) is 1.34. The maximum absolute atomic E-state index is 5.09. The largest absolute Gasteiger partial charge is 0.470 e. The zero-order valence-electron chi connectivity index (χ0n) is 7.42. The Bertz CT molecular complexity index is 112. The van der Waals surface area contributed by atoms with Crippen molar-refractivity contribution in [2.45, 2.75) is 20.0 Å². The third kappa shape index (κ3) is 4.81. The standard InChI is InChI=1S/C8H16O3/c1-5-10-6-11-8(3)7(2)9-4/h7H,3,5-6H2,1-2,4H3. The fraction of sp³-hybridized carbons (Fsp3) is 0.750. The lowest BCUT2D eigenvalue weighted by Crippen LogP contribution is -2.12. The average Bonchev–Trinajstić information content (AvgIpc) is 2.03. The summed E-state index contributed by atoms with van der Waals surface area (Å²) in [5.41, 5.74) is 0. The van der Waals surface area contributed by atoms with Crippen LogP contribution in [0.25, 0.3) is 0 Å². The molecule has 0 heterocycles. The molecule has 0 aliphatic heterocycles. The van der Waals surface area contributed by atoms with E-state index in [4.69, 9.17) is 14.2 Å². The van der Waals surface area contributed by atoms with Crippen molar-refractivity contribution in [3.05, 3.63) is 12.3 Å². The number of hydrogen-bond donors (Lipinski definition) is 0. The molecule has 0 aromatic heterocycles. The lowest BCUT2D eigenvalue weighted by Gasteiger charge is -2.13. The van der Waals surface area contributed by atoms with Gasteiger partial charge in [0.1, 0.15) is 11.9 Å². The summed E-state index contributed by atoms with van der Waals surface area (Å²) in [6.07, 6.45) is -0.0737. The van der Waals surface area contributed by atoms with Crippen LogP contribution < -0.4 is 0 Å². The van der Waals surface area contributed by atoms with Crippen molar-refractivity contribution in [3.63, 3.8) is 0 Å². The highest BCUT2D eigenvalue weighted by molar-refractivity contribution is 4.89. The van der Waals surface area contributed by atoms with E-state index in [0.717, 1.165) is 0 Å². The molecular weight excluding hydrogens is 144 g/mol. The van der Waals surface area contributed by atoms with Crippen LogP contribution >= 0.6 is 0 Å². The predicted octanol–water partition coefficient (Wildman–Crippen LogP) is 1.55. The molecule has 1 atom stereocenters. The average molecular weight is 160 g/mol. The summed E-state index contributed by atoms with van der Waals surface area (Å²) in [4.78, 5) is 0. The van der Waals surface area contributed by atoms with Gasteiger partial charge in [0.15, 0.2) is 6.79 Å². The van der Waals surface area contributed by atoms with Crippen molar-refractivity contribution < 1.29 is 14.2 Å². The molecule has 3 nitrogen and oxygen atoms in total. The second-order valence-corrected chi connectivity index (χ2v) is 2.10. The van der Waals surface area contributed by atoms with Crippen molar-refractivity contribution >= 4 is 0 Å². The van der Waals surface area contributed by atoms with Crippen LogP contribution in [0.15, 0.2) is 12.3 Å². The van der Waals surface area contributed by atoms with Crippen molar-refractivity contribution in [2.75, 3.05) is 20.5 Å². The molecule has 1 unspecified atom stereocenters. The lowest BCUT2D eigenvalue weighted by atomic mass is 10.3. The summed E-state index contributed by atoms with van der Waals surface area (Å²) in [7, 11) is 1.61. The maximum Gasteiger partial charge on any atom is 0.188 e. The Kier molecular flexibility index (Phi) is 5.88. The molecule has 0 aromatic carbocycles. The van der Waals surface area contributed by atoms with Gasteiger partial charge in [-0.25, -0.2) is 0 Å². The van der Waals surface area contributed by atoms with E-state index in [-0.39, 0.29) is 12.9 Å². The molecule has 0 bridgehead atoms. The molecule has 0 aliphatic carbocycles. The zero-order valence-corrected chi connectivity index (χ0v) is 7.42. The van der Waals surface area contributed by atoms with Gasteiger partial charge in [0, 0.05) is 13.7 Å². The Balaban J connectivity index is 3.36. The summed E-state index contributed by atoms with van der Waals surface area (Å²) < 4.78 is 15.0. The van der Waals surface area contributed by atoms with Gasteiger partial charge in [-0.1, -0.05) is 6.58 Å². The van der Waals surface area contributed by atoms with Crippen LogP contribution in [0.5, 0.6) is 0 Å². The van der Waals surface area contributed by atoms with Crippen molar-refractivity contribution in [2.24, 2.45) is 0 Å². The van der Waals surface area contributed by atoms with Gasteiger partial charge >= 0.3 is 0 Å². The van der Waals surface area contributed by atoms with Crippen LogP contribution in [0.4, 0.5) is 0 Å². The first-order chi connectivity index (χ1) is 5.22. The molecule has 0 amide bonds. The molecular formula is C8H16O3. The summed E-state index contributed by atoms with van der Waals surface area (Å²) in [5, 5.41) is 0. The van der Waals surface area contributed by atoms with Crippen molar-refractivity contribution in [3.8, 4) is 0 Å². The second-order valence-electron chi connectivity index (χ2n) is 2.10. The fourth-order valence-corrected chi connectivity index (χ4v) is 0.449. The van der Waals surface area contributed by atoms with Crippen LogP contribution in [-0.4, -0.2) is 26.6 Å². The molecule has 11 heavy (non-hydrogen) atoms. The Morgan fingerprint density at radius 1 is 1.55 bits per heavy atom. The van der Waals surface area contributed by atoms with Crippen LogP contribution in [0.3, 0.4) is 0 Å². The molecule has 0 spiro atoms. The van der Waals surface area contributed by atoms with Gasteiger partial charge in [0.05, 0.1) is 0 Å². The molecule has 0 aromatic rings. The van der Waals surface area contributed by atoms with Crippen LogP contribution in [0, 0.1) is 0 Å². The molecule has 66 valence electrons. The van der Waals surface area contributed by atoms with Crippen LogP contribution in [0.1, 0.15) is 13.8 Å². The number of rotatable bonds is 6. The van der Waals surface area contributed by atoms with Crippen molar-refractivity contribution in [1.82, 2.24) is 0 Å². The minimum absolute atomic E-state index is 0.0737. The Morgan fingerprint density at radius 2 is 2.18 bits per heavy atom. The second kappa shape index (κ2) is 6.19. The molecule has 0 aliphatic rings. The van der Waals surface area contributed by atoms with Gasteiger partial charge < -0.3 is 14.2 Å². The van der Waals surface area contributed by atoms with E-state index in [1.807, 2.05) is 13.8 Å². The van der Waals surface area contributed by atoms with E-state index in [2.05, 4.69) is 6.58 Å². The quantitative estimate of drug-likeness (QED) is 0.335. The predicted molar refractivity (Wildman–Crippen MR) is 43.2 cm³/mol. The highest BCUT2D eigenvalue weighted by Crippen LogP contribution is 2.03. The van der Waals surface area contributed by atoms with Gasteiger partial charge in [-0.3, -0.25) is 0 Å². The molecule has 0 N–H and O–H groups in total. The van der Waals surface area contributed by atoms with E-state index >= 15 is 0 Å². The van der Waals surface area contributed by atoms with Crippen LogP contribution in [-0.2, 0) is 14.2 Å². The van der Waals surface area contributed by atoms with Gasteiger partial charge in [-0.05, 0) is 13.8 Å². The van der Waals surface area contributed by atoms with E-state index in [0.29, 0.717) is 12.4 Å². The van der Waals surface area contributed by atoms with Gasteiger partial charge in [-0.15, -0.1) is 0 Å². The van der Waals surface area contributed by atoms with E-state index in [9.17, 15) is 0 Å². The molecule has 3 heteroatoms. The van der Waals surface area contributed by atoms with Gasteiger partial charge in [-0.2, -0.15) is 0 Å². The minimum Gasteiger partial charge on any atom is -0.470 e. The summed E-state index contributed by atoms with van der Waals surface area (Å²) in [5.74, 6) is 0.598. The number of methoxy groups -OCH3 is 1. The highest BCUT2D eigenvalue weighted by atomic mass is 16.7. The maximum atomic E-state index is 5.09. The summed E-state index contributed by atoms with van der Waals surface area (Å²) in [6, 6.07) is 0. The lowest BCUT2D eigenvalue weighted by molar-refractivity contribution is -0.0398. The van der Waals surface area contributed by atoms with Crippen LogP contribution in [0.2, 0.25) is 0 Å². The summed E-state index contributed by atoms with van der Waals surface area (Å²) in [6.45, 7) is 8.35. The number of hydrogen-bond acceptors (Lipinski definition) is 3. The molecule has 0 radical (unpaired) electrons. The van der Waals surface area contributed by atoms with Crippen molar-refractivity contribution in [1.29, 1.82) is 0 Å². The molecule has 0 saturated carbocycles. The zero-order chi connectivity index (χ0) is 8.69. The van der Waals surface area contributed by atoms with Gasteiger partial charge in [0.2, 0.25) is 0 Å². The molecule has 0 saturated heterocycles. The molecule has 0 fully saturated rings.